The average Bonchev–Trinajstić information content (AvgIpc) is 3.28. The van der Waals surface area contributed by atoms with E-state index >= 15 is 0 Å². The first kappa shape index (κ1) is 19.5. The topological polar surface area (TPSA) is 65.0 Å². The van der Waals surface area contributed by atoms with Gasteiger partial charge in [-0.3, -0.25) is 4.99 Å². The van der Waals surface area contributed by atoms with E-state index in [2.05, 4.69) is 46.5 Å². The maximum Gasteiger partial charge on any atom is 0.194 e. The number of anilines is 1. The van der Waals surface area contributed by atoms with Gasteiger partial charge < -0.3 is 15.1 Å². The Hall–Kier alpha value is -1.28. The maximum atomic E-state index is 11.7. The quantitative estimate of drug-likeness (QED) is 0.607. The molecule has 2 saturated heterocycles. The van der Waals surface area contributed by atoms with Gasteiger partial charge in [-0.05, 0) is 43.2 Å². The van der Waals surface area contributed by atoms with Crippen LogP contribution >= 0.6 is 11.3 Å². The number of nitrogens with zero attached hydrogens (tertiary/aromatic N) is 3. The van der Waals surface area contributed by atoms with Crippen LogP contribution in [0, 0.1) is 5.92 Å². The van der Waals surface area contributed by atoms with E-state index in [1.54, 1.807) is 11.3 Å². The van der Waals surface area contributed by atoms with Crippen LogP contribution < -0.4 is 10.2 Å². The van der Waals surface area contributed by atoms with Crippen molar-refractivity contribution in [3.63, 3.8) is 0 Å². The first-order chi connectivity index (χ1) is 12.5. The fourth-order valence-electron chi connectivity index (χ4n) is 3.38. The third-order valence-electron chi connectivity index (χ3n) is 5.21. The summed E-state index contributed by atoms with van der Waals surface area (Å²) in [4.78, 5) is 9.56. The van der Waals surface area contributed by atoms with E-state index in [0.717, 1.165) is 45.0 Å². The molecule has 26 heavy (non-hydrogen) atoms. The average molecular weight is 399 g/mol. The second-order valence-electron chi connectivity index (χ2n) is 7.31. The van der Waals surface area contributed by atoms with Crippen LogP contribution in [0.25, 0.3) is 0 Å². The summed E-state index contributed by atoms with van der Waals surface area (Å²) in [6.07, 6.45) is 1.78. The Morgan fingerprint density at radius 2 is 2.15 bits per heavy atom. The SMILES string of the molecule is CCC(C)NC(=NCC1CCS(=O)(=O)C1)N1CCN(c2cccs2)CC1. The molecular weight excluding hydrogens is 368 g/mol. The minimum Gasteiger partial charge on any atom is -0.360 e. The number of hydrogen-bond acceptors (Lipinski definition) is 5. The molecule has 2 atom stereocenters. The van der Waals surface area contributed by atoms with Gasteiger partial charge in [0.2, 0.25) is 0 Å². The lowest BCUT2D eigenvalue weighted by atomic mass is 10.1. The highest BCUT2D eigenvalue weighted by atomic mass is 32.2. The summed E-state index contributed by atoms with van der Waals surface area (Å²) in [5.41, 5.74) is 0. The number of rotatable bonds is 5. The molecule has 2 fully saturated rings. The van der Waals surface area contributed by atoms with Crippen LogP contribution in [-0.2, 0) is 9.84 Å². The van der Waals surface area contributed by atoms with Gasteiger partial charge in [-0.2, -0.15) is 0 Å². The van der Waals surface area contributed by atoms with Crippen LogP contribution in [0.3, 0.4) is 0 Å². The number of guanidine groups is 1. The van der Waals surface area contributed by atoms with Crippen molar-refractivity contribution in [2.45, 2.75) is 32.7 Å². The minimum absolute atomic E-state index is 0.168. The predicted molar refractivity (Wildman–Crippen MR) is 110 cm³/mol. The zero-order valence-electron chi connectivity index (χ0n) is 15.7. The summed E-state index contributed by atoms with van der Waals surface area (Å²) >= 11 is 1.78. The first-order valence-electron chi connectivity index (χ1n) is 9.51. The van der Waals surface area contributed by atoms with E-state index in [-0.39, 0.29) is 5.92 Å². The molecule has 0 saturated carbocycles. The van der Waals surface area contributed by atoms with Gasteiger partial charge in [0.05, 0.1) is 16.5 Å². The van der Waals surface area contributed by atoms with Gasteiger partial charge in [0.15, 0.2) is 15.8 Å². The minimum atomic E-state index is -2.84. The Morgan fingerprint density at radius 3 is 2.73 bits per heavy atom. The standard InChI is InChI=1S/C18H30N4O2S2/c1-3-15(2)20-18(19-13-16-6-12-26(23,24)14-16)22-9-7-21(8-10-22)17-5-4-11-25-17/h4-5,11,15-16H,3,6-10,12-14H2,1-2H3,(H,19,20). The van der Waals surface area contributed by atoms with Gasteiger partial charge in [-0.1, -0.05) is 6.92 Å². The zero-order chi connectivity index (χ0) is 18.6. The molecule has 0 spiro atoms. The Bertz CT molecular complexity index is 695. The molecule has 0 bridgehead atoms. The molecule has 1 aromatic rings. The maximum absolute atomic E-state index is 11.7. The molecule has 6 nitrogen and oxygen atoms in total. The summed E-state index contributed by atoms with van der Waals surface area (Å²) in [5, 5.41) is 6.99. The molecule has 0 amide bonds. The highest BCUT2D eigenvalue weighted by Gasteiger charge is 2.28. The van der Waals surface area contributed by atoms with E-state index in [0.29, 0.717) is 24.1 Å². The Morgan fingerprint density at radius 1 is 1.38 bits per heavy atom. The van der Waals surface area contributed by atoms with Gasteiger partial charge in [-0.25, -0.2) is 8.42 Å². The molecular formula is C18H30N4O2S2. The molecule has 2 aliphatic heterocycles. The van der Waals surface area contributed by atoms with E-state index in [9.17, 15) is 8.42 Å². The predicted octanol–water partition coefficient (Wildman–Crippen LogP) is 2.05. The van der Waals surface area contributed by atoms with Gasteiger partial charge in [0.25, 0.3) is 0 Å². The fourth-order valence-corrected chi connectivity index (χ4v) is 6.01. The van der Waals surface area contributed by atoms with Crippen molar-refractivity contribution in [3.05, 3.63) is 17.5 Å². The van der Waals surface area contributed by atoms with Crippen LogP contribution in [0.1, 0.15) is 26.7 Å². The lowest BCUT2D eigenvalue weighted by Crippen LogP contribution is -2.54. The largest absolute Gasteiger partial charge is 0.360 e. The molecule has 3 rings (SSSR count). The van der Waals surface area contributed by atoms with Gasteiger partial charge >= 0.3 is 0 Å². The van der Waals surface area contributed by atoms with Crippen LogP contribution in [0.4, 0.5) is 5.00 Å². The highest BCUT2D eigenvalue weighted by molar-refractivity contribution is 7.91. The molecule has 8 heteroatoms. The summed E-state index contributed by atoms with van der Waals surface area (Å²) in [6.45, 7) is 8.76. The molecule has 3 heterocycles. The first-order valence-corrected chi connectivity index (χ1v) is 12.2. The third kappa shape index (κ3) is 5.13. The van der Waals surface area contributed by atoms with Crippen LogP contribution in [0.5, 0.6) is 0 Å². The molecule has 0 aromatic carbocycles. The van der Waals surface area contributed by atoms with Crippen molar-refractivity contribution in [1.29, 1.82) is 0 Å². The van der Waals surface area contributed by atoms with E-state index < -0.39 is 9.84 Å². The molecule has 1 N–H and O–H groups in total. The van der Waals surface area contributed by atoms with Crippen molar-refractivity contribution in [3.8, 4) is 0 Å². The lowest BCUT2D eigenvalue weighted by molar-refractivity contribution is 0.365. The van der Waals surface area contributed by atoms with E-state index in [1.165, 1.54) is 5.00 Å². The normalized spacial score (nSPS) is 24.7. The number of aliphatic imine (C=N–C) groups is 1. The van der Waals surface area contributed by atoms with E-state index in [1.807, 2.05) is 0 Å². The summed E-state index contributed by atoms with van der Waals surface area (Å²) in [5.74, 6) is 1.72. The second kappa shape index (κ2) is 8.61. The Labute approximate surface area is 161 Å². The lowest BCUT2D eigenvalue weighted by Gasteiger charge is -2.37. The molecule has 1 aromatic heterocycles. The number of nitrogens with one attached hydrogen (secondary N) is 1. The van der Waals surface area contributed by atoms with Gasteiger partial charge in [0.1, 0.15) is 0 Å². The number of thiophene rings is 1. The molecule has 2 aliphatic rings. The van der Waals surface area contributed by atoms with Gasteiger partial charge in [-0.15, -0.1) is 11.3 Å². The van der Waals surface area contributed by atoms with Crippen LogP contribution in [0.15, 0.2) is 22.5 Å². The van der Waals surface area contributed by atoms with Crippen molar-refractivity contribution in [2.75, 3.05) is 49.1 Å². The molecule has 146 valence electrons. The summed E-state index contributed by atoms with van der Waals surface area (Å²) < 4.78 is 23.4. The van der Waals surface area contributed by atoms with Crippen molar-refractivity contribution < 1.29 is 8.42 Å². The van der Waals surface area contributed by atoms with Crippen LogP contribution in [-0.4, -0.2) is 69.5 Å². The van der Waals surface area contributed by atoms with Crippen LogP contribution in [0.2, 0.25) is 0 Å². The Kier molecular flexibility index (Phi) is 6.45. The molecule has 2 unspecified atom stereocenters. The smallest absolute Gasteiger partial charge is 0.194 e. The van der Waals surface area contributed by atoms with Gasteiger partial charge in [0, 0.05) is 38.8 Å². The fraction of sp³-hybridized carbons (Fsp3) is 0.722. The molecule has 0 aliphatic carbocycles. The monoisotopic (exact) mass is 398 g/mol. The second-order valence-corrected chi connectivity index (χ2v) is 10.5. The number of hydrogen-bond donors (Lipinski definition) is 1. The van der Waals surface area contributed by atoms with Crippen molar-refractivity contribution in [2.24, 2.45) is 10.9 Å². The third-order valence-corrected chi connectivity index (χ3v) is 7.98. The number of sulfone groups is 1. The summed E-state index contributed by atoms with van der Waals surface area (Å²) in [7, 11) is -2.84. The van der Waals surface area contributed by atoms with E-state index in [4.69, 9.17) is 4.99 Å². The molecule has 0 radical (unpaired) electrons. The zero-order valence-corrected chi connectivity index (χ0v) is 17.4. The van der Waals surface area contributed by atoms with Crippen molar-refractivity contribution >= 4 is 32.1 Å². The van der Waals surface area contributed by atoms with Crippen molar-refractivity contribution in [1.82, 2.24) is 10.2 Å². The number of piperazine rings is 1. The Balaban J connectivity index is 1.61. The summed E-state index contributed by atoms with van der Waals surface area (Å²) in [6, 6.07) is 4.63. The highest BCUT2D eigenvalue weighted by Crippen LogP contribution is 2.23.